The Hall–Kier alpha value is -0.870. The van der Waals surface area contributed by atoms with E-state index in [4.69, 9.17) is 11.6 Å². The monoisotopic (exact) mass is 316 g/mol. The first-order valence-corrected chi connectivity index (χ1v) is 6.39. The van der Waals surface area contributed by atoms with Gasteiger partial charge in [-0.3, -0.25) is 4.68 Å². The number of benzene rings is 1. The molecule has 0 saturated carbocycles. The van der Waals surface area contributed by atoms with Crippen molar-refractivity contribution in [3.63, 3.8) is 0 Å². The largest absolute Gasteiger partial charge is 0.268 e. The topological polar surface area (TPSA) is 17.8 Å². The molecule has 17 heavy (non-hydrogen) atoms. The predicted molar refractivity (Wildman–Crippen MR) is 69.7 cm³/mol. The van der Waals surface area contributed by atoms with Crippen LogP contribution in [0.4, 0.5) is 4.39 Å². The van der Waals surface area contributed by atoms with Gasteiger partial charge < -0.3 is 0 Å². The molecule has 0 aliphatic rings. The summed E-state index contributed by atoms with van der Waals surface area (Å²) in [6.45, 7) is 2.28. The van der Waals surface area contributed by atoms with Crippen molar-refractivity contribution in [3.8, 4) is 0 Å². The smallest absolute Gasteiger partial charge is 0.129 e. The van der Waals surface area contributed by atoms with Gasteiger partial charge in [-0.1, -0.05) is 22.0 Å². The Morgan fingerprint density at radius 2 is 2.29 bits per heavy atom. The molecule has 0 spiro atoms. The number of hydrogen-bond acceptors (Lipinski definition) is 1. The zero-order chi connectivity index (χ0) is 12.4. The van der Waals surface area contributed by atoms with E-state index in [1.54, 1.807) is 16.9 Å². The lowest BCUT2D eigenvalue weighted by Gasteiger charge is -2.04. The van der Waals surface area contributed by atoms with Crippen molar-refractivity contribution in [2.45, 2.75) is 18.8 Å². The second kappa shape index (κ2) is 5.19. The molecule has 1 unspecified atom stereocenters. The number of nitrogens with zero attached hydrogens (tertiary/aromatic N) is 2. The second-order valence-corrected chi connectivity index (χ2v) is 5.39. The summed E-state index contributed by atoms with van der Waals surface area (Å²) in [5, 5.41) is 4.07. The molecule has 1 aromatic heterocycles. The van der Waals surface area contributed by atoms with Crippen molar-refractivity contribution in [1.82, 2.24) is 9.78 Å². The van der Waals surface area contributed by atoms with Crippen LogP contribution < -0.4 is 0 Å². The third-order valence-corrected chi connectivity index (χ3v) is 3.21. The first-order chi connectivity index (χ1) is 8.06. The van der Waals surface area contributed by atoms with Gasteiger partial charge in [-0.2, -0.15) is 5.10 Å². The molecule has 90 valence electrons. The number of rotatable bonds is 3. The minimum atomic E-state index is -0.240. The second-order valence-electron chi connectivity index (χ2n) is 3.82. The van der Waals surface area contributed by atoms with Crippen LogP contribution in [0.2, 0.25) is 0 Å². The van der Waals surface area contributed by atoms with Crippen LogP contribution in [0.1, 0.15) is 23.4 Å². The van der Waals surface area contributed by atoms with Crippen molar-refractivity contribution >= 4 is 27.5 Å². The molecule has 2 aromatic rings. The highest BCUT2D eigenvalue weighted by atomic mass is 79.9. The van der Waals surface area contributed by atoms with Crippen LogP contribution in [-0.2, 0) is 6.54 Å². The van der Waals surface area contributed by atoms with Crippen molar-refractivity contribution in [3.05, 3.63) is 52.0 Å². The predicted octanol–water partition coefficient (Wildman–Crippen LogP) is 4.13. The van der Waals surface area contributed by atoms with E-state index in [9.17, 15) is 4.39 Å². The van der Waals surface area contributed by atoms with Gasteiger partial charge in [0.1, 0.15) is 5.82 Å². The standard InChI is InChI=1S/C12H11BrClFN2/c1-8(14)10-5-16-17(7-10)6-9-2-3-11(13)4-12(9)15/h2-5,7-8H,6H2,1H3. The van der Waals surface area contributed by atoms with E-state index in [0.717, 1.165) is 10.0 Å². The van der Waals surface area contributed by atoms with Gasteiger partial charge in [0.05, 0.1) is 18.1 Å². The maximum atomic E-state index is 13.6. The van der Waals surface area contributed by atoms with Gasteiger partial charge in [-0.25, -0.2) is 4.39 Å². The van der Waals surface area contributed by atoms with Crippen LogP contribution in [-0.4, -0.2) is 9.78 Å². The van der Waals surface area contributed by atoms with Crippen molar-refractivity contribution in [2.75, 3.05) is 0 Å². The molecule has 0 saturated heterocycles. The van der Waals surface area contributed by atoms with Gasteiger partial charge in [-0.15, -0.1) is 11.6 Å². The maximum Gasteiger partial charge on any atom is 0.129 e. The van der Waals surface area contributed by atoms with E-state index in [1.165, 1.54) is 6.07 Å². The van der Waals surface area contributed by atoms with E-state index >= 15 is 0 Å². The van der Waals surface area contributed by atoms with Crippen LogP contribution in [0, 0.1) is 5.82 Å². The van der Waals surface area contributed by atoms with Crippen molar-refractivity contribution < 1.29 is 4.39 Å². The lowest BCUT2D eigenvalue weighted by atomic mass is 10.2. The molecule has 0 bridgehead atoms. The van der Waals surface area contributed by atoms with Gasteiger partial charge >= 0.3 is 0 Å². The summed E-state index contributed by atoms with van der Waals surface area (Å²) in [7, 11) is 0. The van der Waals surface area contributed by atoms with E-state index < -0.39 is 0 Å². The summed E-state index contributed by atoms with van der Waals surface area (Å²) in [6, 6.07) is 5.00. The number of aromatic nitrogens is 2. The Morgan fingerprint density at radius 3 is 2.88 bits per heavy atom. The van der Waals surface area contributed by atoms with Crippen LogP contribution in [0.15, 0.2) is 35.1 Å². The number of hydrogen-bond donors (Lipinski definition) is 0. The first kappa shape index (κ1) is 12.6. The average molecular weight is 318 g/mol. The lowest BCUT2D eigenvalue weighted by Crippen LogP contribution is -2.02. The summed E-state index contributed by atoms with van der Waals surface area (Å²) in [6.07, 6.45) is 3.54. The molecular weight excluding hydrogens is 307 g/mol. The molecule has 1 aromatic carbocycles. The van der Waals surface area contributed by atoms with Gasteiger partial charge in [0.2, 0.25) is 0 Å². The van der Waals surface area contributed by atoms with Crippen molar-refractivity contribution in [1.29, 1.82) is 0 Å². The molecule has 0 fully saturated rings. The summed E-state index contributed by atoms with van der Waals surface area (Å²) in [5.74, 6) is -0.240. The zero-order valence-electron chi connectivity index (χ0n) is 9.20. The Labute approximate surface area is 113 Å². The highest BCUT2D eigenvalue weighted by Crippen LogP contribution is 2.19. The van der Waals surface area contributed by atoms with E-state index in [1.807, 2.05) is 19.2 Å². The maximum absolute atomic E-state index is 13.6. The minimum absolute atomic E-state index is 0.0847. The number of alkyl halides is 1. The Morgan fingerprint density at radius 1 is 1.53 bits per heavy atom. The van der Waals surface area contributed by atoms with Crippen LogP contribution in [0.25, 0.3) is 0 Å². The summed E-state index contributed by atoms with van der Waals surface area (Å²) in [5.41, 5.74) is 1.54. The molecule has 0 aliphatic carbocycles. The fourth-order valence-corrected chi connectivity index (χ4v) is 1.94. The molecule has 2 rings (SSSR count). The number of halogens is 3. The van der Waals surface area contributed by atoms with Gasteiger partial charge in [0.25, 0.3) is 0 Å². The Kier molecular flexibility index (Phi) is 3.84. The molecule has 0 N–H and O–H groups in total. The SMILES string of the molecule is CC(Cl)c1cnn(Cc2ccc(Br)cc2F)c1. The summed E-state index contributed by atoms with van der Waals surface area (Å²) in [4.78, 5) is 0. The highest BCUT2D eigenvalue weighted by Gasteiger charge is 2.07. The Balaban J connectivity index is 2.19. The molecule has 0 amide bonds. The quantitative estimate of drug-likeness (QED) is 0.778. The van der Waals surface area contributed by atoms with E-state index in [0.29, 0.717) is 12.1 Å². The fraction of sp³-hybridized carbons (Fsp3) is 0.250. The molecular formula is C12H11BrClFN2. The molecule has 0 radical (unpaired) electrons. The molecule has 2 nitrogen and oxygen atoms in total. The van der Waals surface area contributed by atoms with Crippen LogP contribution >= 0.6 is 27.5 Å². The van der Waals surface area contributed by atoms with Crippen molar-refractivity contribution in [2.24, 2.45) is 0 Å². The van der Waals surface area contributed by atoms with Gasteiger partial charge in [0.15, 0.2) is 0 Å². The summed E-state index contributed by atoms with van der Waals surface area (Å²) >= 11 is 9.16. The first-order valence-electron chi connectivity index (χ1n) is 5.16. The Bertz CT molecular complexity index is 525. The minimum Gasteiger partial charge on any atom is -0.268 e. The fourth-order valence-electron chi connectivity index (χ4n) is 1.50. The van der Waals surface area contributed by atoms with E-state index in [-0.39, 0.29) is 11.2 Å². The van der Waals surface area contributed by atoms with Crippen LogP contribution in [0.5, 0.6) is 0 Å². The molecule has 1 heterocycles. The molecule has 0 aliphatic heterocycles. The molecule has 1 atom stereocenters. The summed E-state index contributed by atoms with van der Waals surface area (Å²) < 4.78 is 16.0. The zero-order valence-corrected chi connectivity index (χ0v) is 11.5. The van der Waals surface area contributed by atoms with Crippen LogP contribution in [0.3, 0.4) is 0 Å². The normalized spacial score (nSPS) is 12.7. The third-order valence-electron chi connectivity index (χ3n) is 2.46. The lowest BCUT2D eigenvalue weighted by molar-refractivity contribution is 0.584. The average Bonchev–Trinajstić information content (AvgIpc) is 2.71. The molecule has 5 heteroatoms. The van der Waals surface area contributed by atoms with Gasteiger partial charge in [0, 0.05) is 21.8 Å². The highest BCUT2D eigenvalue weighted by molar-refractivity contribution is 9.10. The van der Waals surface area contributed by atoms with Gasteiger partial charge in [-0.05, 0) is 19.1 Å². The third kappa shape index (κ3) is 3.07. The van der Waals surface area contributed by atoms with E-state index in [2.05, 4.69) is 21.0 Å².